The third kappa shape index (κ3) is 3.65. The minimum atomic E-state index is -0.292. The van der Waals surface area contributed by atoms with Crippen LogP contribution in [-0.2, 0) is 13.5 Å². The van der Waals surface area contributed by atoms with Gasteiger partial charge in [0.25, 0.3) is 5.91 Å². The molecule has 1 aromatic carbocycles. The molecular weight excluding hydrogens is 335 g/mol. The van der Waals surface area contributed by atoms with Crippen LogP contribution in [0.15, 0.2) is 18.2 Å². The molecule has 0 unspecified atom stereocenters. The fourth-order valence-electron chi connectivity index (χ4n) is 2.53. The number of benzene rings is 1. The number of nitrogens with zero attached hydrogens (tertiary/aromatic N) is 1. The van der Waals surface area contributed by atoms with Crippen molar-refractivity contribution in [1.82, 2.24) is 9.88 Å². The number of hydrogen-bond donors (Lipinski definition) is 1. The number of aryl methyl sites for hydroxylation is 1. The molecule has 1 amide bonds. The quantitative estimate of drug-likeness (QED) is 0.883. The van der Waals surface area contributed by atoms with Crippen LogP contribution in [0.5, 0.6) is 5.75 Å². The van der Waals surface area contributed by atoms with Gasteiger partial charge in [-0.3, -0.25) is 4.79 Å². The summed E-state index contributed by atoms with van der Waals surface area (Å²) in [5.41, 5.74) is 3.88. The number of hydrogen-bond acceptors (Lipinski definition) is 2. The van der Waals surface area contributed by atoms with Gasteiger partial charge in [0, 0.05) is 25.0 Å². The van der Waals surface area contributed by atoms with Gasteiger partial charge in [-0.25, -0.2) is 0 Å². The summed E-state index contributed by atoms with van der Waals surface area (Å²) in [5.74, 6) is 0.00283. The van der Waals surface area contributed by atoms with Crippen LogP contribution >= 0.6 is 23.2 Å². The highest BCUT2D eigenvalue weighted by atomic mass is 35.5. The van der Waals surface area contributed by atoms with E-state index in [0.717, 1.165) is 6.42 Å². The first kappa shape index (κ1) is 17.7. The van der Waals surface area contributed by atoms with Gasteiger partial charge in [0.1, 0.15) is 5.56 Å². The van der Waals surface area contributed by atoms with Gasteiger partial charge in [-0.05, 0) is 44.0 Å². The lowest BCUT2D eigenvalue weighted by Gasteiger charge is -2.12. The first-order valence-electron chi connectivity index (χ1n) is 7.28. The predicted molar refractivity (Wildman–Crippen MR) is 93.9 cm³/mol. The molecule has 1 N–H and O–H groups in total. The predicted octanol–water partition coefficient (Wildman–Crippen LogP) is 3.93. The molecule has 23 heavy (non-hydrogen) atoms. The van der Waals surface area contributed by atoms with Crippen LogP contribution in [0.1, 0.15) is 27.3 Å². The normalized spacial score (nSPS) is 10.7. The van der Waals surface area contributed by atoms with Crippen LogP contribution in [0.25, 0.3) is 0 Å². The molecule has 4 nitrogen and oxygen atoms in total. The maximum absolute atomic E-state index is 12.4. The Kier molecular flexibility index (Phi) is 5.60. The molecule has 0 radical (unpaired) electrons. The summed E-state index contributed by atoms with van der Waals surface area (Å²) in [7, 11) is 3.49. The lowest BCUT2D eigenvalue weighted by Crippen LogP contribution is -2.26. The Morgan fingerprint density at radius 2 is 1.91 bits per heavy atom. The zero-order chi connectivity index (χ0) is 17.1. The first-order chi connectivity index (χ1) is 10.9. The number of rotatable bonds is 5. The summed E-state index contributed by atoms with van der Waals surface area (Å²) in [6, 6.07) is 5.33. The van der Waals surface area contributed by atoms with Gasteiger partial charge in [0.2, 0.25) is 0 Å². The fraction of sp³-hybridized carbons (Fsp3) is 0.353. The molecule has 0 atom stereocenters. The van der Waals surface area contributed by atoms with E-state index in [1.807, 2.05) is 7.05 Å². The van der Waals surface area contributed by atoms with Crippen LogP contribution in [0, 0.1) is 13.8 Å². The standard InChI is InChI=1S/C17H20Cl2N2O2/c1-10-9-12(11(2)21(10)3)7-8-20-17(22)15-13(18)5-6-14(19)16(15)23-4/h5-6,9H,7-8H2,1-4H3,(H,20,22). The second-order valence-corrected chi connectivity index (χ2v) is 6.21. The highest BCUT2D eigenvalue weighted by molar-refractivity contribution is 6.37. The van der Waals surface area contributed by atoms with Crippen molar-refractivity contribution in [3.05, 3.63) is 50.8 Å². The average Bonchev–Trinajstić information content (AvgIpc) is 2.76. The van der Waals surface area contributed by atoms with E-state index < -0.39 is 0 Å². The number of nitrogens with one attached hydrogen (secondary N) is 1. The zero-order valence-corrected chi connectivity index (χ0v) is 15.2. The number of carbonyl (C=O) groups is 1. The minimum Gasteiger partial charge on any atom is -0.494 e. The summed E-state index contributed by atoms with van der Waals surface area (Å²) in [5, 5.41) is 3.55. The Bertz CT molecular complexity index is 739. The Labute approximate surface area is 146 Å². The molecule has 1 heterocycles. The third-order valence-electron chi connectivity index (χ3n) is 4.05. The van der Waals surface area contributed by atoms with Crippen molar-refractivity contribution in [3.63, 3.8) is 0 Å². The van der Waals surface area contributed by atoms with E-state index in [2.05, 4.69) is 29.8 Å². The molecule has 0 bridgehead atoms. The molecule has 0 fully saturated rings. The average molecular weight is 355 g/mol. The third-order valence-corrected chi connectivity index (χ3v) is 4.66. The monoisotopic (exact) mass is 354 g/mol. The van der Waals surface area contributed by atoms with Crippen LogP contribution in [0.4, 0.5) is 0 Å². The number of halogens is 2. The SMILES string of the molecule is COc1c(Cl)ccc(Cl)c1C(=O)NCCc1cc(C)n(C)c1C. The molecule has 124 valence electrons. The Morgan fingerprint density at radius 1 is 1.26 bits per heavy atom. The van der Waals surface area contributed by atoms with Gasteiger partial charge in [0.05, 0.1) is 17.2 Å². The van der Waals surface area contributed by atoms with Gasteiger partial charge in [0.15, 0.2) is 5.75 Å². The highest BCUT2D eigenvalue weighted by Gasteiger charge is 2.19. The topological polar surface area (TPSA) is 43.3 Å². The van der Waals surface area contributed by atoms with Gasteiger partial charge < -0.3 is 14.6 Å². The summed E-state index contributed by atoms with van der Waals surface area (Å²) in [6.07, 6.45) is 0.750. The summed E-state index contributed by atoms with van der Waals surface area (Å²) in [4.78, 5) is 12.4. The molecule has 0 aliphatic heterocycles. The van der Waals surface area contributed by atoms with Crippen molar-refractivity contribution in [3.8, 4) is 5.75 Å². The Balaban J connectivity index is 2.09. The molecule has 2 aromatic rings. The Hall–Kier alpha value is -1.65. The van der Waals surface area contributed by atoms with E-state index >= 15 is 0 Å². The van der Waals surface area contributed by atoms with Crippen molar-refractivity contribution < 1.29 is 9.53 Å². The van der Waals surface area contributed by atoms with Gasteiger partial charge in [-0.15, -0.1) is 0 Å². The number of amides is 1. The van der Waals surface area contributed by atoms with Crippen LogP contribution in [-0.4, -0.2) is 24.1 Å². The number of methoxy groups -OCH3 is 1. The number of carbonyl (C=O) groups excluding carboxylic acids is 1. The van der Waals surface area contributed by atoms with Crippen molar-refractivity contribution in [2.75, 3.05) is 13.7 Å². The minimum absolute atomic E-state index is 0.266. The lowest BCUT2D eigenvalue weighted by molar-refractivity contribution is 0.0951. The van der Waals surface area contributed by atoms with Crippen LogP contribution in [0.2, 0.25) is 10.0 Å². The summed E-state index contributed by atoms with van der Waals surface area (Å²) in [6.45, 7) is 4.64. The van der Waals surface area contributed by atoms with Gasteiger partial charge in [-0.1, -0.05) is 23.2 Å². The fourth-order valence-corrected chi connectivity index (χ4v) is 3.00. The van der Waals surface area contributed by atoms with Crippen molar-refractivity contribution in [1.29, 1.82) is 0 Å². The summed E-state index contributed by atoms with van der Waals surface area (Å²) >= 11 is 12.2. The van der Waals surface area contributed by atoms with E-state index in [4.69, 9.17) is 27.9 Å². The van der Waals surface area contributed by atoms with E-state index in [-0.39, 0.29) is 11.5 Å². The van der Waals surface area contributed by atoms with Crippen LogP contribution < -0.4 is 10.1 Å². The molecule has 0 aliphatic rings. The molecule has 6 heteroatoms. The van der Waals surface area contributed by atoms with Crippen molar-refractivity contribution >= 4 is 29.1 Å². The second-order valence-electron chi connectivity index (χ2n) is 5.40. The molecular formula is C17H20Cl2N2O2. The first-order valence-corrected chi connectivity index (χ1v) is 8.04. The highest BCUT2D eigenvalue weighted by Crippen LogP contribution is 2.33. The van der Waals surface area contributed by atoms with Gasteiger partial charge in [-0.2, -0.15) is 0 Å². The molecule has 0 saturated heterocycles. The van der Waals surface area contributed by atoms with E-state index in [1.54, 1.807) is 12.1 Å². The smallest absolute Gasteiger partial charge is 0.256 e. The molecule has 0 aliphatic carbocycles. The van der Waals surface area contributed by atoms with E-state index in [0.29, 0.717) is 22.3 Å². The molecule has 0 spiro atoms. The second kappa shape index (κ2) is 7.28. The van der Waals surface area contributed by atoms with Crippen molar-refractivity contribution in [2.45, 2.75) is 20.3 Å². The van der Waals surface area contributed by atoms with E-state index in [1.165, 1.54) is 24.1 Å². The molecule has 2 rings (SSSR count). The van der Waals surface area contributed by atoms with E-state index in [9.17, 15) is 4.79 Å². The number of aromatic nitrogens is 1. The Morgan fingerprint density at radius 3 is 2.48 bits per heavy atom. The lowest BCUT2D eigenvalue weighted by atomic mass is 10.1. The molecule has 0 saturated carbocycles. The maximum atomic E-state index is 12.4. The largest absolute Gasteiger partial charge is 0.494 e. The maximum Gasteiger partial charge on any atom is 0.256 e. The molecule has 1 aromatic heterocycles. The van der Waals surface area contributed by atoms with Gasteiger partial charge >= 0.3 is 0 Å². The number of ether oxygens (including phenoxy) is 1. The zero-order valence-electron chi connectivity index (χ0n) is 13.7. The summed E-state index contributed by atoms with van der Waals surface area (Å²) < 4.78 is 7.33. The van der Waals surface area contributed by atoms with Crippen LogP contribution in [0.3, 0.4) is 0 Å². The van der Waals surface area contributed by atoms with Crippen molar-refractivity contribution in [2.24, 2.45) is 7.05 Å².